The van der Waals surface area contributed by atoms with Gasteiger partial charge in [-0.05, 0) is 82.5 Å². The van der Waals surface area contributed by atoms with Crippen molar-refractivity contribution in [1.82, 2.24) is 0 Å². The number of methoxy groups -OCH3 is 1. The van der Waals surface area contributed by atoms with E-state index in [0.29, 0.717) is 32.8 Å². The summed E-state index contributed by atoms with van der Waals surface area (Å²) in [5, 5.41) is 12.9. The lowest BCUT2D eigenvalue weighted by atomic mass is 10.1. The lowest BCUT2D eigenvalue weighted by Gasteiger charge is -2.15. The molecule has 0 aromatic heterocycles. The zero-order chi connectivity index (χ0) is 25.0. The van der Waals surface area contributed by atoms with Gasteiger partial charge in [-0.3, -0.25) is 9.36 Å². The van der Waals surface area contributed by atoms with Crippen LogP contribution in [0.25, 0.3) is 0 Å². The maximum atomic E-state index is 12.7. The highest BCUT2D eigenvalue weighted by molar-refractivity contribution is 9.10. The van der Waals surface area contributed by atoms with Gasteiger partial charge in [0, 0.05) is 18.5 Å². The molecule has 0 saturated carbocycles. The molecule has 0 aliphatic rings. The van der Waals surface area contributed by atoms with Crippen LogP contribution in [0.3, 0.4) is 0 Å². The van der Waals surface area contributed by atoms with Crippen molar-refractivity contribution < 1.29 is 33.6 Å². The predicted molar refractivity (Wildman–Crippen MR) is 132 cm³/mol. The van der Waals surface area contributed by atoms with E-state index >= 15 is 0 Å². The molecule has 0 fully saturated rings. The second-order valence-corrected chi connectivity index (χ2v) is 11.0. The average Bonchev–Trinajstić information content (AvgIpc) is 2.76. The molecule has 3 aromatic carbocycles. The Kier molecular flexibility index (Phi) is 7.82. The van der Waals surface area contributed by atoms with Crippen molar-refractivity contribution in [3.8, 4) is 17.2 Å². The number of carbonyl (C=O) groups excluding carboxylic acids is 2. The van der Waals surface area contributed by atoms with Gasteiger partial charge in [0.05, 0.1) is 22.7 Å². The third-order valence-electron chi connectivity index (χ3n) is 4.76. The summed E-state index contributed by atoms with van der Waals surface area (Å²) < 4.78 is 22.9. The first-order valence-corrected chi connectivity index (χ1v) is 13.1. The lowest BCUT2D eigenvalue weighted by molar-refractivity contribution is 0.0600. The van der Waals surface area contributed by atoms with E-state index in [2.05, 4.69) is 26.0 Å². The number of aromatic hydroxyl groups is 1. The van der Waals surface area contributed by atoms with Crippen LogP contribution < -0.4 is 10.1 Å². The molecular weight excluding hydrogens is 525 g/mol. The van der Waals surface area contributed by atoms with Gasteiger partial charge >= 0.3 is 5.97 Å². The Morgan fingerprint density at radius 3 is 2.35 bits per heavy atom. The van der Waals surface area contributed by atoms with Gasteiger partial charge in [-0.2, -0.15) is 0 Å². The van der Waals surface area contributed by atoms with Crippen LogP contribution in [0, 0.1) is 6.92 Å². The minimum Gasteiger partial charge on any atom is -0.507 e. The lowest BCUT2D eigenvalue weighted by Crippen LogP contribution is -2.12. The smallest absolute Gasteiger partial charge is 0.337 e. The minimum atomic E-state index is -3.23. The predicted octanol–water partition coefficient (Wildman–Crippen LogP) is 5.69. The van der Waals surface area contributed by atoms with E-state index in [1.807, 2.05) is 0 Å². The van der Waals surface area contributed by atoms with Crippen LogP contribution in [-0.4, -0.2) is 35.7 Å². The molecular formula is C24H23BrNO7P. The monoisotopic (exact) mass is 547 g/mol. The van der Waals surface area contributed by atoms with Gasteiger partial charge in [-0.1, -0.05) is 6.07 Å². The van der Waals surface area contributed by atoms with Crippen molar-refractivity contribution in [1.29, 1.82) is 0 Å². The maximum absolute atomic E-state index is 12.7. The quantitative estimate of drug-likeness (QED) is 0.256. The first-order valence-electron chi connectivity index (χ1n) is 10.1. The summed E-state index contributed by atoms with van der Waals surface area (Å²) in [4.78, 5) is 33.9. The van der Waals surface area contributed by atoms with E-state index in [9.17, 15) is 24.2 Å². The van der Waals surface area contributed by atoms with E-state index in [1.54, 1.807) is 31.2 Å². The molecule has 178 valence electrons. The number of phenolic OH excluding ortho intramolecular Hbond substituents is 1. The summed E-state index contributed by atoms with van der Waals surface area (Å²) in [7, 11) is -1.95. The molecule has 0 bridgehead atoms. The van der Waals surface area contributed by atoms with Crippen LogP contribution in [0.5, 0.6) is 17.2 Å². The van der Waals surface area contributed by atoms with Gasteiger partial charge in [-0.15, -0.1) is 0 Å². The topological polar surface area (TPSA) is 122 Å². The Bertz CT molecular complexity index is 1260. The first kappa shape index (κ1) is 25.5. The third kappa shape index (κ3) is 6.47. The van der Waals surface area contributed by atoms with Crippen molar-refractivity contribution in [3.63, 3.8) is 0 Å². The molecule has 0 heterocycles. The second-order valence-electron chi connectivity index (χ2n) is 7.74. The normalized spacial score (nSPS) is 12.5. The van der Waals surface area contributed by atoms with Crippen LogP contribution in [0.4, 0.5) is 5.69 Å². The first-order chi connectivity index (χ1) is 16.0. The Labute approximate surface area is 205 Å². The number of carbonyl (C=O) groups is 2. The molecule has 0 radical (unpaired) electrons. The summed E-state index contributed by atoms with van der Waals surface area (Å²) in [5.41, 5.74) is 2.17. The molecule has 34 heavy (non-hydrogen) atoms. The van der Waals surface area contributed by atoms with Crippen molar-refractivity contribution in [2.24, 2.45) is 0 Å². The number of halogens is 1. The van der Waals surface area contributed by atoms with Crippen molar-refractivity contribution in [2.45, 2.75) is 13.1 Å². The highest BCUT2D eigenvalue weighted by atomic mass is 79.9. The Balaban J connectivity index is 1.80. The average molecular weight is 548 g/mol. The Morgan fingerprint density at radius 1 is 1.09 bits per heavy atom. The van der Waals surface area contributed by atoms with Gasteiger partial charge in [0.1, 0.15) is 17.2 Å². The fourth-order valence-electron chi connectivity index (χ4n) is 3.25. The number of hydrogen-bond acceptors (Lipinski definition) is 6. The number of hydrogen-bond donors (Lipinski definition) is 3. The molecule has 0 aliphatic carbocycles. The third-order valence-corrected chi connectivity index (χ3v) is 6.30. The summed E-state index contributed by atoms with van der Waals surface area (Å²) in [6.45, 7) is 3.10. The number of phenols is 1. The Morgan fingerprint density at radius 2 is 1.76 bits per heavy atom. The van der Waals surface area contributed by atoms with Crippen LogP contribution in [0.1, 0.15) is 31.8 Å². The van der Waals surface area contributed by atoms with E-state index < -0.39 is 19.2 Å². The molecule has 1 unspecified atom stereocenters. The van der Waals surface area contributed by atoms with Gasteiger partial charge in [0.2, 0.25) is 7.37 Å². The zero-order valence-corrected chi connectivity index (χ0v) is 21.1. The fraction of sp³-hybridized carbons (Fsp3) is 0.167. The molecule has 0 aliphatic heterocycles. The fourth-order valence-corrected chi connectivity index (χ4v) is 4.79. The van der Waals surface area contributed by atoms with Crippen molar-refractivity contribution in [2.75, 3.05) is 19.1 Å². The molecule has 3 aromatic rings. The van der Waals surface area contributed by atoms with Crippen LogP contribution in [-0.2, 0) is 15.5 Å². The van der Waals surface area contributed by atoms with E-state index in [-0.39, 0.29) is 17.5 Å². The van der Waals surface area contributed by atoms with E-state index in [0.717, 1.165) is 5.56 Å². The summed E-state index contributed by atoms with van der Waals surface area (Å²) in [5.74, 6) is -0.507. The summed E-state index contributed by atoms with van der Waals surface area (Å²) in [6, 6.07) is 13.9. The molecule has 8 nitrogen and oxygen atoms in total. The second kappa shape index (κ2) is 10.4. The number of aryl methyl sites for hydroxylation is 1. The van der Waals surface area contributed by atoms with Gasteiger partial charge < -0.3 is 24.8 Å². The van der Waals surface area contributed by atoms with Crippen LogP contribution in [0.15, 0.2) is 59.1 Å². The minimum absolute atomic E-state index is 0.00728. The van der Waals surface area contributed by atoms with Gasteiger partial charge in [0.15, 0.2) is 0 Å². The van der Waals surface area contributed by atoms with Crippen molar-refractivity contribution >= 4 is 40.9 Å². The summed E-state index contributed by atoms with van der Waals surface area (Å²) in [6.07, 6.45) is 0.0385. The molecule has 1 amide bonds. The van der Waals surface area contributed by atoms with E-state index in [4.69, 9.17) is 4.74 Å². The highest BCUT2D eigenvalue weighted by Crippen LogP contribution is 2.42. The van der Waals surface area contributed by atoms with Crippen LogP contribution in [0.2, 0.25) is 0 Å². The Hall–Kier alpha value is -3.13. The molecule has 10 heteroatoms. The number of esters is 1. The highest BCUT2D eigenvalue weighted by Gasteiger charge is 2.17. The largest absolute Gasteiger partial charge is 0.507 e. The molecule has 0 saturated heterocycles. The van der Waals surface area contributed by atoms with Gasteiger partial charge in [-0.25, -0.2) is 4.79 Å². The van der Waals surface area contributed by atoms with Crippen LogP contribution >= 0.6 is 23.3 Å². The van der Waals surface area contributed by atoms with Gasteiger partial charge in [0.25, 0.3) is 5.91 Å². The van der Waals surface area contributed by atoms with E-state index in [1.165, 1.54) is 44.1 Å². The SMILES string of the molecule is COC(=O)c1ccc(NC(=O)c2cc(Oc3c(C)cc(CP(C)(=O)O)cc3Br)ccc2O)cc1. The van der Waals surface area contributed by atoms with Crippen molar-refractivity contribution in [3.05, 3.63) is 81.3 Å². The number of anilines is 1. The molecule has 1 atom stereocenters. The maximum Gasteiger partial charge on any atom is 0.337 e. The molecule has 0 spiro atoms. The number of ether oxygens (including phenoxy) is 2. The standard InChI is InChI=1S/C24H23BrNO7P/c1-14-10-15(13-34(3,30)31)11-20(25)22(14)33-18-8-9-21(27)19(12-18)23(28)26-17-6-4-16(5-7-17)24(29)32-2/h4-12,27H,13H2,1-3H3,(H,26,28)(H,30,31). The molecule has 3 rings (SSSR count). The summed E-state index contributed by atoms with van der Waals surface area (Å²) >= 11 is 3.43. The number of amides is 1. The molecule has 3 N–H and O–H groups in total. The zero-order valence-electron chi connectivity index (χ0n) is 18.7. The number of benzene rings is 3. The number of nitrogens with one attached hydrogen (secondary N) is 1. The number of rotatable bonds is 7.